The Kier molecular flexibility index (Phi) is 10.7. The van der Waals surface area contributed by atoms with Crippen LogP contribution in [0, 0.1) is 6.92 Å². The summed E-state index contributed by atoms with van der Waals surface area (Å²) in [6.45, 7) is 20.4. The van der Waals surface area contributed by atoms with Gasteiger partial charge in [0, 0.05) is 24.8 Å². The van der Waals surface area contributed by atoms with E-state index in [1.54, 1.807) is 11.9 Å². The third-order valence-electron chi connectivity index (χ3n) is 7.34. The van der Waals surface area contributed by atoms with Crippen LogP contribution in [0.15, 0.2) is 24.3 Å². The van der Waals surface area contributed by atoms with E-state index in [9.17, 15) is 4.79 Å². The van der Waals surface area contributed by atoms with E-state index in [2.05, 4.69) is 44.2 Å². The Morgan fingerprint density at radius 1 is 1.22 bits per heavy atom. The maximum Gasteiger partial charge on any atom is 0.410 e. The largest absolute Gasteiger partial charge is 0.491 e. The monoisotopic (exact) mass is 606 g/mol. The lowest BCUT2D eigenvalue weighted by Gasteiger charge is -2.40. The average molecular weight is 607 g/mol. The fourth-order valence-electron chi connectivity index (χ4n) is 3.95. The van der Waals surface area contributed by atoms with Gasteiger partial charge < -0.3 is 28.9 Å². The number of likely N-dealkylation sites (N-methyl/N-ethyl adjacent to an activating group) is 1. The van der Waals surface area contributed by atoms with E-state index in [1.807, 2.05) is 52.0 Å². The lowest BCUT2D eigenvalue weighted by Crippen LogP contribution is -2.49. The molecule has 1 aliphatic heterocycles. The molecule has 9 nitrogen and oxygen atoms in total. The number of hydrogen-bond donors (Lipinski definition) is 1. The van der Waals surface area contributed by atoms with E-state index in [1.165, 1.54) is 0 Å². The molecule has 1 aromatic heterocycles. The van der Waals surface area contributed by atoms with E-state index < -0.39 is 20.0 Å². The highest BCUT2D eigenvalue weighted by Gasteiger charge is 2.40. The molecule has 2 aromatic rings. The lowest BCUT2D eigenvalue weighted by molar-refractivity contribution is 0.0172. The molecule has 0 radical (unpaired) electrons. The molecule has 1 fully saturated rings. The fourth-order valence-corrected chi connectivity index (χ4v) is 5.45. The van der Waals surface area contributed by atoms with Crippen LogP contribution >= 0.6 is 11.6 Å². The molecule has 3 rings (SSSR count). The van der Waals surface area contributed by atoms with Crippen LogP contribution in [0.3, 0.4) is 0 Å². The molecule has 1 N–H and O–H groups in total. The van der Waals surface area contributed by atoms with Gasteiger partial charge >= 0.3 is 6.09 Å². The number of ether oxygens (including phenoxy) is 3. The number of nitrogens with zero attached hydrogens (tertiary/aromatic N) is 3. The van der Waals surface area contributed by atoms with Crippen molar-refractivity contribution in [2.75, 3.05) is 38.7 Å². The van der Waals surface area contributed by atoms with Crippen molar-refractivity contribution in [1.29, 1.82) is 0 Å². The first-order valence-electron chi connectivity index (χ1n) is 14.2. The van der Waals surface area contributed by atoms with Crippen molar-refractivity contribution in [2.24, 2.45) is 0 Å². The van der Waals surface area contributed by atoms with Crippen molar-refractivity contribution >= 4 is 31.8 Å². The van der Waals surface area contributed by atoms with Gasteiger partial charge in [-0.3, -0.25) is 0 Å². The minimum atomic E-state index is -2.16. The van der Waals surface area contributed by atoms with E-state index in [0.29, 0.717) is 35.7 Å². The van der Waals surface area contributed by atoms with Gasteiger partial charge in [-0.15, -0.1) is 0 Å². The molecule has 0 bridgehead atoms. The standard InChI is InChI=1S/C30H47ClN4O5Si/c1-20-25(31)33-27(34-26(20)32-22-14-15-37-18-22)21-12-11-13-23(16-21)38-19-24(40-41(9,10)30(5,6)7)17-35(8)28(36)39-29(2,3)4/h11-13,16,22,24H,14-15,17-19H2,1-10H3,(H,32,33,34)/t22-,24?/m1/s1. The number of carbonyl (C=O) groups excluding carboxylic acids is 1. The van der Waals surface area contributed by atoms with Gasteiger partial charge in [0.25, 0.3) is 0 Å². The molecule has 228 valence electrons. The molecule has 0 spiro atoms. The Morgan fingerprint density at radius 3 is 2.54 bits per heavy atom. The smallest absolute Gasteiger partial charge is 0.410 e. The van der Waals surface area contributed by atoms with E-state index in [-0.39, 0.29) is 23.8 Å². The lowest BCUT2D eigenvalue weighted by atomic mass is 10.2. The summed E-state index contributed by atoms with van der Waals surface area (Å²) in [5, 5.41) is 3.84. The Balaban J connectivity index is 1.79. The van der Waals surface area contributed by atoms with Crippen molar-refractivity contribution in [3.63, 3.8) is 0 Å². The molecule has 1 aliphatic rings. The minimum Gasteiger partial charge on any atom is -0.491 e. The van der Waals surface area contributed by atoms with Crippen LogP contribution in [0.1, 0.15) is 53.5 Å². The van der Waals surface area contributed by atoms with Crippen molar-refractivity contribution in [3.05, 3.63) is 35.0 Å². The summed E-state index contributed by atoms with van der Waals surface area (Å²) in [7, 11) is -0.440. The highest BCUT2D eigenvalue weighted by Crippen LogP contribution is 2.37. The number of rotatable bonds is 10. The highest BCUT2D eigenvalue weighted by atomic mass is 35.5. The first-order chi connectivity index (χ1) is 18.9. The third kappa shape index (κ3) is 9.56. The second-order valence-electron chi connectivity index (χ2n) is 13.2. The maximum atomic E-state index is 12.7. The summed E-state index contributed by atoms with van der Waals surface area (Å²) in [6.07, 6.45) is 0.165. The Labute approximate surface area is 251 Å². The van der Waals surface area contributed by atoms with E-state index >= 15 is 0 Å². The molecule has 1 amide bonds. The molecule has 0 saturated carbocycles. The van der Waals surface area contributed by atoms with Gasteiger partial charge in [-0.1, -0.05) is 44.5 Å². The normalized spacial score (nSPS) is 16.8. The van der Waals surface area contributed by atoms with Crippen molar-refractivity contribution in [1.82, 2.24) is 14.9 Å². The number of aromatic nitrogens is 2. The van der Waals surface area contributed by atoms with Crippen molar-refractivity contribution < 1.29 is 23.4 Å². The molecule has 11 heteroatoms. The number of carbonyl (C=O) groups is 1. The van der Waals surface area contributed by atoms with Crippen LogP contribution in [0.4, 0.5) is 10.6 Å². The molecule has 1 unspecified atom stereocenters. The number of amides is 1. The molecule has 1 aromatic carbocycles. The van der Waals surface area contributed by atoms with Gasteiger partial charge in [-0.25, -0.2) is 14.8 Å². The first-order valence-corrected chi connectivity index (χ1v) is 17.5. The predicted octanol–water partition coefficient (Wildman–Crippen LogP) is 6.94. The predicted molar refractivity (Wildman–Crippen MR) is 166 cm³/mol. The number of anilines is 1. The molecule has 0 aliphatic carbocycles. The minimum absolute atomic E-state index is 0.00588. The molecule has 2 heterocycles. The number of nitrogens with one attached hydrogen (secondary N) is 1. The van der Waals surface area contributed by atoms with Gasteiger partial charge in [0.2, 0.25) is 0 Å². The number of hydrogen-bond acceptors (Lipinski definition) is 8. The zero-order valence-corrected chi connectivity index (χ0v) is 28.0. The topological polar surface area (TPSA) is 95.0 Å². The Morgan fingerprint density at radius 2 is 1.93 bits per heavy atom. The SMILES string of the molecule is Cc1c(Cl)nc(-c2cccc(OCC(CN(C)C(=O)OC(C)(C)C)O[Si](C)(C)C(C)(C)C)c2)nc1N[C@@H]1CCOC1. The zero-order chi connectivity index (χ0) is 30.6. The quantitative estimate of drug-likeness (QED) is 0.229. The molecule has 2 atom stereocenters. The summed E-state index contributed by atoms with van der Waals surface area (Å²) >= 11 is 6.50. The van der Waals surface area contributed by atoms with Gasteiger partial charge in [-0.2, -0.15) is 0 Å². The van der Waals surface area contributed by atoms with E-state index in [4.69, 9.17) is 35.2 Å². The maximum absolute atomic E-state index is 12.7. The second kappa shape index (κ2) is 13.3. The van der Waals surface area contributed by atoms with Crippen LogP contribution in [0.25, 0.3) is 11.4 Å². The van der Waals surface area contributed by atoms with Crippen molar-refractivity contribution in [2.45, 2.75) is 90.8 Å². The third-order valence-corrected chi connectivity index (χ3v) is 12.2. The second-order valence-corrected chi connectivity index (χ2v) is 18.3. The average Bonchev–Trinajstić information content (AvgIpc) is 3.36. The van der Waals surface area contributed by atoms with Crippen LogP contribution in [0.5, 0.6) is 5.75 Å². The Hall–Kier alpha value is -2.40. The number of halogens is 1. The van der Waals surface area contributed by atoms with Crippen LogP contribution in [-0.4, -0.2) is 80.4 Å². The van der Waals surface area contributed by atoms with Crippen LogP contribution < -0.4 is 10.1 Å². The number of benzene rings is 1. The van der Waals surface area contributed by atoms with Gasteiger partial charge in [-0.05, 0) is 64.4 Å². The van der Waals surface area contributed by atoms with Gasteiger partial charge in [0.15, 0.2) is 14.1 Å². The highest BCUT2D eigenvalue weighted by molar-refractivity contribution is 6.74. The Bertz CT molecular complexity index is 1190. The van der Waals surface area contributed by atoms with Crippen LogP contribution in [-0.2, 0) is 13.9 Å². The van der Waals surface area contributed by atoms with Gasteiger partial charge in [0.05, 0.1) is 25.3 Å². The summed E-state index contributed by atoms with van der Waals surface area (Å²) < 4.78 is 24.0. The van der Waals surface area contributed by atoms with Crippen LogP contribution in [0.2, 0.25) is 23.3 Å². The van der Waals surface area contributed by atoms with Crippen molar-refractivity contribution in [3.8, 4) is 17.1 Å². The molecule has 41 heavy (non-hydrogen) atoms. The first kappa shape index (κ1) is 33.1. The summed E-state index contributed by atoms with van der Waals surface area (Å²) in [5.41, 5.74) is 0.997. The van der Waals surface area contributed by atoms with Gasteiger partial charge in [0.1, 0.15) is 28.9 Å². The summed E-state index contributed by atoms with van der Waals surface area (Å²) in [4.78, 5) is 23.6. The summed E-state index contributed by atoms with van der Waals surface area (Å²) in [5.74, 6) is 1.85. The van der Waals surface area contributed by atoms with E-state index in [0.717, 1.165) is 24.2 Å². The molecule has 1 saturated heterocycles. The fraction of sp³-hybridized carbons (Fsp3) is 0.633. The molecular formula is C30H47ClN4O5Si. The molecular weight excluding hydrogens is 560 g/mol. The zero-order valence-electron chi connectivity index (χ0n) is 26.3. The summed E-state index contributed by atoms with van der Waals surface area (Å²) in [6, 6.07) is 7.80.